The maximum atomic E-state index is 5.46. The van der Waals surface area contributed by atoms with Gasteiger partial charge in [-0.2, -0.15) is 0 Å². The number of rotatable bonds is 5. The number of piperidine rings is 1. The van der Waals surface area contributed by atoms with E-state index in [0.717, 1.165) is 31.9 Å². The molecule has 4 nitrogen and oxygen atoms in total. The van der Waals surface area contributed by atoms with E-state index in [4.69, 9.17) is 4.74 Å². The maximum Gasteiger partial charge on any atom is 0.119 e. The van der Waals surface area contributed by atoms with Crippen molar-refractivity contribution >= 4 is 0 Å². The van der Waals surface area contributed by atoms with E-state index >= 15 is 0 Å². The van der Waals surface area contributed by atoms with Crippen LogP contribution < -0.4 is 10.1 Å². The average Bonchev–Trinajstić information content (AvgIpc) is 2.60. The van der Waals surface area contributed by atoms with Crippen molar-refractivity contribution in [2.75, 3.05) is 46.4 Å². The molecule has 2 aliphatic heterocycles. The van der Waals surface area contributed by atoms with Crippen LogP contribution >= 0.6 is 0 Å². The lowest BCUT2D eigenvalue weighted by Gasteiger charge is -2.41. The molecule has 0 aromatic heterocycles. The smallest absolute Gasteiger partial charge is 0.119 e. The molecule has 2 atom stereocenters. The quantitative estimate of drug-likeness (QED) is 0.903. The summed E-state index contributed by atoms with van der Waals surface area (Å²) < 4.78 is 5.46. The summed E-state index contributed by atoms with van der Waals surface area (Å²) in [6, 6.07) is 9.70. The van der Waals surface area contributed by atoms with Crippen molar-refractivity contribution in [2.24, 2.45) is 0 Å². The van der Waals surface area contributed by atoms with Gasteiger partial charge in [0.2, 0.25) is 0 Å². The van der Waals surface area contributed by atoms with Crippen LogP contribution in [0.4, 0.5) is 0 Å². The molecule has 0 amide bonds. The molecular formula is C19H31N3O. The summed E-state index contributed by atoms with van der Waals surface area (Å²) in [6.45, 7) is 9.26. The van der Waals surface area contributed by atoms with Crippen LogP contribution in [0, 0.1) is 0 Å². The lowest BCUT2D eigenvalue weighted by atomic mass is 10.0. The molecule has 1 N–H and O–H groups in total. The fourth-order valence-corrected chi connectivity index (χ4v) is 3.91. The molecule has 3 rings (SSSR count). The van der Waals surface area contributed by atoms with Crippen LogP contribution in [0.5, 0.6) is 5.75 Å². The van der Waals surface area contributed by atoms with E-state index in [1.165, 1.54) is 37.9 Å². The van der Waals surface area contributed by atoms with Crippen LogP contribution in [0.15, 0.2) is 24.3 Å². The van der Waals surface area contributed by atoms with Gasteiger partial charge in [-0.3, -0.25) is 4.90 Å². The van der Waals surface area contributed by atoms with Gasteiger partial charge in [0.25, 0.3) is 0 Å². The largest absolute Gasteiger partial charge is 0.497 e. The Morgan fingerprint density at radius 3 is 2.78 bits per heavy atom. The molecule has 2 aliphatic rings. The molecule has 0 aliphatic carbocycles. The lowest BCUT2D eigenvalue weighted by Crippen LogP contribution is -2.52. The molecule has 0 saturated carbocycles. The van der Waals surface area contributed by atoms with Gasteiger partial charge in [-0.05, 0) is 50.6 Å². The second-order valence-electron chi connectivity index (χ2n) is 7.00. The van der Waals surface area contributed by atoms with Gasteiger partial charge in [0, 0.05) is 38.3 Å². The standard InChI is InChI=1S/C19H31N3O/c1-16-14-22(12-9-20-16)19(15-21-10-4-3-5-11-21)17-7-6-8-18(13-17)23-2/h6-8,13,16,19-20H,3-5,9-12,14-15H2,1-2H3. The van der Waals surface area contributed by atoms with Crippen molar-refractivity contribution in [1.29, 1.82) is 0 Å². The Kier molecular flexibility index (Phi) is 5.92. The zero-order valence-electron chi connectivity index (χ0n) is 14.6. The van der Waals surface area contributed by atoms with Gasteiger partial charge in [0.05, 0.1) is 7.11 Å². The van der Waals surface area contributed by atoms with Gasteiger partial charge in [-0.15, -0.1) is 0 Å². The monoisotopic (exact) mass is 317 g/mol. The molecule has 4 heteroatoms. The first-order chi connectivity index (χ1) is 11.3. The maximum absolute atomic E-state index is 5.46. The zero-order valence-corrected chi connectivity index (χ0v) is 14.6. The molecule has 2 unspecified atom stereocenters. The fourth-order valence-electron chi connectivity index (χ4n) is 3.91. The first-order valence-electron chi connectivity index (χ1n) is 9.10. The van der Waals surface area contributed by atoms with Gasteiger partial charge in [0.15, 0.2) is 0 Å². The summed E-state index contributed by atoms with van der Waals surface area (Å²) in [5, 5.41) is 3.56. The summed E-state index contributed by atoms with van der Waals surface area (Å²) in [7, 11) is 1.76. The van der Waals surface area contributed by atoms with Gasteiger partial charge < -0.3 is 15.0 Å². The van der Waals surface area contributed by atoms with E-state index in [2.05, 4.69) is 40.2 Å². The fraction of sp³-hybridized carbons (Fsp3) is 0.684. The number of nitrogens with zero attached hydrogens (tertiary/aromatic N) is 2. The highest BCUT2D eigenvalue weighted by atomic mass is 16.5. The van der Waals surface area contributed by atoms with Crippen LogP contribution in [0.1, 0.15) is 37.8 Å². The van der Waals surface area contributed by atoms with Crippen molar-refractivity contribution in [3.05, 3.63) is 29.8 Å². The molecule has 0 bridgehead atoms. The number of benzene rings is 1. The third-order valence-corrected chi connectivity index (χ3v) is 5.20. The number of hydrogen-bond donors (Lipinski definition) is 1. The molecule has 1 aromatic rings. The number of ether oxygens (including phenoxy) is 1. The van der Waals surface area contributed by atoms with Crippen molar-refractivity contribution < 1.29 is 4.74 Å². The summed E-state index contributed by atoms with van der Waals surface area (Å²) in [6.07, 6.45) is 4.09. The van der Waals surface area contributed by atoms with E-state index in [0.29, 0.717) is 12.1 Å². The Labute approximate surface area is 140 Å². The molecule has 0 radical (unpaired) electrons. The zero-order chi connectivity index (χ0) is 16.1. The van der Waals surface area contributed by atoms with Crippen LogP contribution in [-0.4, -0.2) is 62.2 Å². The lowest BCUT2D eigenvalue weighted by molar-refractivity contribution is 0.100. The minimum atomic E-state index is 0.466. The number of methoxy groups -OCH3 is 1. The Morgan fingerprint density at radius 2 is 2.04 bits per heavy atom. The van der Waals surface area contributed by atoms with Crippen LogP contribution in [0.3, 0.4) is 0 Å². The number of hydrogen-bond acceptors (Lipinski definition) is 4. The number of nitrogens with one attached hydrogen (secondary N) is 1. The summed E-state index contributed by atoms with van der Waals surface area (Å²) in [4.78, 5) is 5.31. The average molecular weight is 317 g/mol. The highest BCUT2D eigenvalue weighted by Gasteiger charge is 2.27. The molecule has 2 heterocycles. The van der Waals surface area contributed by atoms with Crippen LogP contribution in [-0.2, 0) is 0 Å². The van der Waals surface area contributed by atoms with E-state index in [1.54, 1.807) is 7.11 Å². The highest BCUT2D eigenvalue weighted by Crippen LogP contribution is 2.27. The molecule has 128 valence electrons. The van der Waals surface area contributed by atoms with E-state index in [-0.39, 0.29) is 0 Å². The van der Waals surface area contributed by atoms with E-state index < -0.39 is 0 Å². The van der Waals surface area contributed by atoms with Crippen molar-refractivity contribution in [1.82, 2.24) is 15.1 Å². The van der Waals surface area contributed by atoms with Gasteiger partial charge in [-0.1, -0.05) is 18.6 Å². The minimum Gasteiger partial charge on any atom is -0.497 e. The topological polar surface area (TPSA) is 27.7 Å². The van der Waals surface area contributed by atoms with E-state index in [9.17, 15) is 0 Å². The Bertz CT molecular complexity index is 487. The first kappa shape index (κ1) is 16.7. The SMILES string of the molecule is COc1cccc(C(CN2CCCCC2)N2CCNC(C)C2)c1. The van der Waals surface area contributed by atoms with Gasteiger partial charge in [0.1, 0.15) is 5.75 Å². The van der Waals surface area contributed by atoms with Crippen molar-refractivity contribution in [3.8, 4) is 5.75 Å². The number of piperazine rings is 1. The third-order valence-electron chi connectivity index (χ3n) is 5.20. The van der Waals surface area contributed by atoms with Gasteiger partial charge in [-0.25, -0.2) is 0 Å². The second-order valence-corrected chi connectivity index (χ2v) is 7.00. The molecule has 1 aromatic carbocycles. The number of likely N-dealkylation sites (tertiary alicyclic amines) is 1. The van der Waals surface area contributed by atoms with Crippen molar-refractivity contribution in [2.45, 2.75) is 38.3 Å². The van der Waals surface area contributed by atoms with Crippen molar-refractivity contribution in [3.63, 3.8) is 0 Å². The summed E-state index contributed by atoms with van der Waals surface area (Å²) in [5.74, 6) is 0.967. The highest BCUT2D eigenvalue weighted by molar-refractivity contribution is 5.31. The molecule has 2 fully saturated rings. The second kappa shape index (κ2) is 8.13. The summed E-state index contributed by atoms with van der Waals surface area (Å²) in [5.41, 5.74) is 1.39. The van der Waals surface area contributed by atoms with Gasteiger partial charge >= 0.3 is 0 Å². The third kappa shape index (κ3) is 4.46. The Morgan fingerprint density at radius 1 is 1.22 bits per heavy atom. The molecule has 2 saturated heterocycles. The van der Waals surface area contributed by atoms with Crippen LogP contribution in [0.25, 0.3) is 0 Å². The Balaban J connectivity index is 1.79. The normalized spacial score (nSPS) is 25.2. The summed E-state index contributed by atoms with van der Waals surface area (Å²) >= 11 is 0. The Hall–Kier alpha value is -1.10. The minimum absolute atomic E-state index is 0.466. The molecule has 23 heavy (non-hydrogen) atoms. The van der Waals surface area contributed by atoms with E-state index in [1.807, 2.05) is 6.07 Å². The van der Waals surface area contributed by atoms with Crippen LogP contribution in [0.2, 0.25) is 0 Å². The first-order valence-corrected chi connectivity index (χ1v) is 9.10. The molecular weight excluding hydrogens is 286 g/mol. The predicted octanol–water partition coefficient (Wildman–Crippen LogP) is 2.52. The molecule has 0 spiro atoms. The predicted molar refractivity (Wildman–Crippen MR) is 95.1 cm³/mol.